The molecule has 0 aliphatic rings. The molecule has 1 aromatic carbocycles. The number of rotatable bonds is 6. The molecule has 6 heteroatoms. The molecule has 0 atom stereocenters. The van der Waals surface area contributed by atoms with Crippen molar-refractivity contribution in [3.8, 4) is 0 Å². The molecule has 4 N–H and O–H groups in total. The second-order valence-corrected chi connectivity index (χ2v) is 6.82. The fraction of sp³-hybridized carbons (Fsp3) is 0.273. The van der Waals surface area contributed by atoms with Gasteiger partial charge in [0.25, 0.3) is 0 Å². The number of allylic oxidation sites excluding steroid dienone is 1. The summed E-state index contributed by atoms with van der Waals surface area (Å²) in [6.45, 7) is 16.0. The minimum atomic E-state index is 0.317. The smallest absolute Gasteiger partial charge is 0.163 e. The van der Waals surface area contributed by atoms with Crippen LogP contribution >= 0.6 is 0 Å². The van der Waals surface area contributed by atoms with Gasteiger partial charge in [0.05, 0.1) is 6.20 Å². The van der Waals surface area contributed by atoms with Crippen molar-refractivity contribution in [2.45, 2.75) is 40.0 Å². The summed E-state index contributed by atoms with van der Waals surface area (Å²) in [5.74, 6) is 1.53. The molecule has 3 aromatic rings. The molecule has 0 bridgehead atoms. The van der Waals surface area contributed by atoms with E-state index in [1.807, 2.05) is 30.5 Å². The molecule has 0 aliphatic carbocycles. The fourth-order valence-electron chi connectivity index (χ4n) is 2.55. The Bertz CT molecular complexity index is 955. The predicted molar refractivity (Wildman–Crippen MR) is 120 cm³/mol. The number of nitrogen functional groups attached to an aromatic ring is 1. The average Bonchev–Trinajstić information content (AvgIpc) is 3.06. The van der Waals surface area contributed by atoms with E-state index < -0.39 is 0 Å². The second kappa shape index (κ2) is 9.60. The van der Waals surface area contributed by atoms with E-state index >= 15 is 0 Å². The lowest BCUT2D eigenvalue weighted by molar-refractivity contribution is 0.872. The first-order valence-corrected chi connectivity index (χ1v) is 9.49. The van der Waals surface area contributed by atoms with Crippen LogP contribution in [0.1, 0.15) is 45.6 Å². The summed E-state index contributed by atoms with van der Waals surface area (Å²) in [6.07, 6.45) is 4.76. The van der Waals surface area contributed by atoms with Crippen LogP contribution in [0.25, 0.3) is 5.65 Å². The van der Waals surface area contributed by atoms with Gasteiger partial charge in [0.15, 0.2) is 5.65 Å². The molecular weight excluding hydrogens is 348 g/mol. The normalized spacial score (nSPS) is 10.3. The van der Waals surface area contributed by atoms with Crippen LogP contribution < -0.4 is 16.4 Å². The van der Waals surface area contributed by atoms with Gasteiger partial charge in [-0.3, -0.25) is 0 Å². The highest BCUT2D eigenvalue weighted by atomic mass is 15.3. The van der Waals surface area contributed by atoms with E-state index in [1.165, 1.54) is 6.42 Å². The third kappa shape index (κ3) is 5.13. The Kier molecular flexibility index (Phi) is 7.21. The van der Waals surface area contributed by atoms with Crippen molar-refractivity contribution in [1.82, 2.24) is 14.6 Å². The maximum absolute atomic E-state index is 5.99. The number of benzene rings is 1. The topological polar surface area (TPSA) is 80.3 Å². The standard InChI is InChI=1S/C19H22N6.C3H8/c1-5-13(4)22-14-7-6-8-15(9-14)23-18-10-17(20)24-19-16(12(2)3)11-21-25(18)19;1-3-2/h5-12,22-23H,1,4H2,2-3H3,(H2,20,24);3H2,1-2H3. The van der Waals surface area contributed by atoms with Gasteiger partial charge in [-0.2, -0.15) is 9.61 Å². The lowest BCUT2D eigenvalue weighted by Crippen LogP contribution is -2.04. The van der Waals surface area contributed by atoms with E-state index in [2.05, 4.69) is 61.6 Å². The molecule has 0 radical (unpaired) electrons. The molecule has 0 unspecified atom stereocenters. The van der Waals surface area contributed by atoms with Gasteiger partial charge in [-0.1, -0.05) is 53.3 Å². The molecule has 28 heavy (non-hydrogen) atoms. The summed E-state index contributed by atoms with van der Waals surface area (Å²) < 4.78 is 1.77. The predicted octanol–water partition coefficient (Wildman–Crippen LogP) is 5.71. The molecule has 0 amide bonds. The van der Waals surface area contributed by atoms with E-state index in [4.69, 9.17) is 5.73 Å². The largest absolute Gasteiger partial charge is 0.384 e. The van der Waals surface area contributed by atoms with Crippen molar-refractivity contribution in [2.75, 3.05) is 16.4 Å². The summed E-state index contributed by atoms with van der Waals surface area (Å²) in [7, 11) is 0. The Morgan fingerprint density at radius 1 is 1.25 bits per heavy atom. The summed E-state index contributed by atoms with van der Waals surface area (Å²) in [5.41, 5.74) is 10.4. The third-order valence-corrected chi connectivity index (χ3v) is 3.83. The van der Waals surface area contributed by atoms with Gasteiger partial charge in [0, 0.05) is 28.7 Å². The van der Waals surface area contributed by atoms with Gasteiger partial charge >= 0.3 is 0 Å². The van der Waals surface area contributed by atoms with E-state index in [0.29, 0.717) is 11.7 Å². The number of nitrogens with zero attached hydrogens (tertiary/aromatic N) is 3. The zero-order valence-corrected chi connectivity index (χ0v) is 17.2. The number of nitrogens with two attached hydrogens (primary N) is 1. The number of anilines is 4. The van der Waals surface area contributed by atoms with Crippen LogP contribution in [-0.2, 0) is 0 Å². The maximum atomic E-state index is 5.99. The van der Waals surface area contributed by atoms with Crippen LogP contribution in [0.5, 0.6) is 0 Å². The maximum Gasteiger partial charge on any atom is 0.163 e. The SMILES string of the molecule is C=CC(=C)Nc1cccc(Nc2cc(N)nc3c(C(C)C)cnn23)c1.CCC. The Balaban J connectivity index is 0.000000878. The van der Waals surface area contributed by atoms with Gasteiger partial charge in [0.2, 0.25) is 0 Å². The van der Waals surface area contributed by atoms with Gasteiger partial charge in [-0.15, -0.1) is 0 Å². The Morgan fingerprint density at radius 2 is 1.93 bits per heavy atom. The zero-order chi connectivity index (χ0) is 20.7. The summed E-state index contributed by atoms with van der Waals surface area (Å²) in [4.78, 5) is 4.43. The number of nitrogens with one attached hydrogen (secondary N) is 2. The lowest BCUT2D eigenvalue weighted by atomic mass is 10.1. The van der Waals surface area contributed by atoms with Crippen molar-refractivity contribution >= 4 is 28.7 Å². The average molecular weight is 379 g/mol. The van der Waals surface area contributed by atoms with Crippen molar-refractivity contribution < 1.29 is 0 Å². The molecule has 0 spiro atoms. The third-order valence-electron chi connectivity index (χ3n) is 3.83. The Hall–Kier alpha value is -3.28. The van der Waals surface area contributed by atoms with Crippen LogP contribution in [0, 0.1) is 0 Å². The first-order valence-electron chi connectivity index (χ1n) is 9.49. The minimum absolute atomic E-state index is 0.317. The zero-order valence-electron chi connectivity index (χ0n) is 17.2. The van der Waals surface area contributed by atoms with Crippen LogP contribution in [-0.4, -0.2) is 14.6 Å². The number of hydrogen-bond donors (Lipinski definition) is 3. The molecule has 6 nitrogen and oxygen atoms in total. The van der Waals surface area contributed by atoms with Crippen molar-refractivity contribution in [3.05, 3.63) is 67.0 Å². The molecular formula is C22H30N6. The highest BCUT2D eigenvalue weighted by Crippen LogP contribution is 2.26. The summed E-state index contributed by atoms with van der Waals surface area (Å²) in [5, 5.41) is 11.0. The molecule has 0 fully saturated rings. The molecule has 3 rings (SSSR count). The van der Waals surface area contributed by atoms with Crippen LogP contribution in [0.3, 0.4) is 0 Å². The first kappa shape index (κ1) is 21.0. The lowest BCUT2D eigenvalue weighted by Gasteiger charge is -2.12. The van der Waals surface area contributed by atoms with Crippen molar-refractivity contribution in [1.29, 1.82) is 0 Å². The first-order chi connectivity index (χ1) is 13.4. The second-order valence-electron chi connectivity index (χ2n) is 6.82. The van der Waals surface area contributed by atoms with Crippen LogP contribution in [0.15, 0.2) is 61.5 Å². The highest BCUT2D eigenvalue weighted by Gasteiger charge is 2.13. The number of hydrogen-bond acceptors (Lipinski definition) is 5. The number of aromatic nitrogens is 3. The molecule has 2 heterocycles. The molecule has 148 valence electrons. The summed E-state index contributed by atoms with van der Waals surface area (Å²) in [6, 6.07) is 9.63. The monoisotopic (exact) mass is 378 g/mol. The fourth-order valence-corrected chi connectivity index (χ4v) is 2.55. The van der Waals surface area contributed by atoms with E-state index in [1.54, 1.807) is 16.7 Å². The summed E-state index contributed by atoms with van der Waals surface area (Å²) >= 11 is 0. The quantitative estimate of drug-likeness (QED) is 0.479. The van der Waals surface area contributed by atoms with E-state index in [9.17, 15) is 0 Å². The Labute approximate surface area is 167 Å². The molecule has 0 saturated carbocycles. The Morgan fingerprint density at radius 3 is 2.57 bits per heavy atom. The van der Waals surface area contributed by atoms with Crippen molar-refractivity contribution in [3.63, 3.8) is 0 Å². The molecule has 0 saturated heterocycles. The van der Waals surface area contributed by atoms with Gasteiger partial charge in [-0.25, -0.2) is 4.98 Å². The van der Waals surface area contributed by atoms with Crippen molar-refractivity contribution in [2.24, 2.45) is 0 Å². The van der Waals surface area contributed by atoms with Crippen LogP contribution in [0.4, 0.5) is 23.0 Å². The number of fused-ring (bicyclic) bond motifs is 1. The molecule has 2 aromatic heterocycles. The highest BCUT2D eigenvalue weighted by molar-refractivity contribution is 5.68. The molecule has 0 aliphatic heterocycles. The minimum Gasteiger partial charge on any atom is -0.384 e. The van der Waals surface area contributed by atoms with Gasteiger partial charge in [0.1, 0.15) is 11.6 Å². The van der Waals surface area contributed by atoms with Crippen LogP contribution in [0.2, 0.25) is 0 Å². The van der Waals surface area contributed by atoms with Gasteiger partial charge in [-0.05, 0) is 30.2 Å². The van der Waals surface area contributed by atoms with E-state index in [-0.39, 0.29) is 0 Å². The van der Waals surface area contributed by atoms with Gasteiger partial charge < -0.3 is 16.4 Å². The van der Waals surface area contributed by atoms with E-state index in [0.717, 1.165) is 34.1 Å².